The molecule has 5 rings (SSSR count). The Balaban J connectivity index is 1.72. The number of hydrogen-bond acceptors (Lipinski definition) is 8. The van der Waals surface area contributed by atoms with E-state index in [0.29, 0.717) is 41.6 Å². The Hall–Kier alpha value is -3.33. The molecule has 2 aliphatic rings. The summed E-state index contributed by atoms with van der Waals surface area (Å²) in [4.78, 5) is 15.0. The number of benzene rings is 1. The third-order valence-corrected chi connectivity index (χ3v) is 6.90. The summed E-state index contributed by atoms with van der Waals surface area (Å²) in [6.07, 6.45) is 4.00. The molecule has 2 bridgehead atoms. The van der Waals surface area contributed by atoms with E-state index in [9.17, 15) is 4.39 Å². The summed E-state index contributed by atoms with van der Waals surface area (Å²) in [5.41, 5.74) is 10.5. The third-order valence-electron chi connectivity index (χ3n) is 5.93. The minimum absolute atomic E-state index is 0.249. The number of hydrogen-bond donors (Lipinski definition) is 2. The van der Waals surface area contributed by atoms with Crippen LogP contribution in [0, 0.1) is 18.7 Å². The van der Waals surface area contributed by atoms with Gasteiger partial charge in [-0.25, -0.2) is 14.4 Å². The molecule has 0 radical (unpaired) electrons. The van der Waals surface area contributed by atoms with E-state index in [4.69, 9.17) is 26.3 Å². The first-order valence-corrected chi connectivity index (χ1v) is 11.7. The van der Waals surface area contributed by atoms with Crippen LogP contribution in [0.25, 0.3) is 11.3 Å². The number of anilines is 1. The van der Waals surface area contributed by atoms with Crippen LogP contribution in [-0.2, 0) is 6.42 Å². The first-order chi connectivity index (χ1) is 15.9. The second-order valence-corrected chi connectivity index (χ2v) is 9.78. The van der Waals surface area contributed by atoms with Gasteiger partial charge in [-0.3, -0.25) is 4.99 Å². The molecule has 1 unspecified atom stereocenters. The summed E-state index contributed by atoms with van der Waals surface area (Å²) in [5.74, 6) is 6.80. The van der Waals surface area contributed by atoms with Gasteiger partial charge in [-0.1, -0.05) is 0 Å². The number of hydrazone groups is 1. The second-order valence-electron chi connectivity index (χ2n) is 8.49. The molecule has 2 aromatic heterocycles. The van der Waals surface area contributed by atoms with Crippen LogP contribution in [0.5, 0.6) is 5.75 Å². The van der Waals surface area contributed by atoms with Crippen LogP contribution >= 0.6 is 11.3 Å². The Labute approximate surface area is 195 Å². The lowest BCUT2D eigenvalue weighted by Crippen LogP contribution is -2.22. The van der Waals surface area contributed by atoms with Crippen molar-refractivity contribution < 1.29 is 9.13 Å². The molecule has 7 nitrogen and oxygen atoms in total. The lowest BCUT2D eigenvalue weighted by atomic mass is 9.96. The van der Waals surface area contributed by atoms with Crippen LogP contribution in [-0.4, -0.2) is 27.9 Å². The Bertz CT molecular complexity index is 1280. The fraction of sp³-hybridized carbons (Fsp3) is 0.333. The van der Waals surface area contributed by atoms with Gasteiger partial charge in [-0.2, -0.15) is 5.10 Å². The topological polar surface area (TPSA) is 112 Å². The molecular weight excluding hydrogens is 439 g/mol. The molecular formula is C24H25FN6OS. The van der Waals surface area contributed by atoms with Crippen molar-refractivity contribution in [3.8, 4) is 17.0 Å². The number of ether oxygens (including phenoxy) is 1. The molecule has 0 spiro atoms. The Morgan fingerprint density at radius 1 is 1.27 bits per heavy atom. The van der Waals surface area contributed by atoms with Crippen molar-refractivity contribution in [3.05, 3.63) is 57.3 Å². The number of nitrogens with zero attached hydrogens (tertiary/aromatic N) is 4. The largest absolute Gasteiger partial charge is 0.482 e. The van der Waals surface area contributed by atoms with Gasteiger partial charge in [-0.05, 0) is 56.9 Å². The molecule has 1 aliphatic heterocycles. The number of nitrogens with two attached hydrogens (primary N) is 2. The van der Waals surface area contributed by atoms with Crippen molar-refractivity contribution in [1.82, 2.24) is 9.97 Å². The Morgan fingerprint density at radius 2 is 2.09 bits per heavy atom. The van der Waals surface area contributed by atoms with Crippen LogP contribution in [0.1, 0.15) is 46.9 Å². The van der Waals surface area contributed by atoms with E-state index >= 15 is 0 Å². The Kier molecular flexibility index (Phi) is 5.57. The Morgan fingerprint density at radius 3 is 2.85 bits per heavy atom. The molecule has 4 N–H and O–H groups in total. The van der Waals surface area contributed by atoms with E-state index < -0.39 is 6.10 Å². The molecule has 1 aromatic carbocycles. The van der Waals surface area contributed by atoms with Crippen LogP contribution in [0.15, 0.2) is 40.6 Å². The maximum Gasteiger partial charge on any atom is 0.166 e. The van der Waals surface area contributed by atoms with Crippen LogP contribution in [0.2, 0.25) is 0 Å². The molecule has 33 heavy (non-hydrogen) atoms. The number of nitrogen functional groups attached to an aromatic ring is 1. The first kappa shape index (κ1) is 21.5. The predicted molar refractivity (Wildman–Crippen MR) is 129 cm³/mol. The number of aromatic nitrogens is 2. The number of aliphatic imine (C=N–C) groups is 1. The molecule has 170 valence electrons. The monoisotopic (exact) mass is 464 g/mol. The highest BCUT2D eigenvalue weighted by Crippen LogP contribution is 2.37. The number of pyridine rings is 1. The molecule has 3 aromatic rings. The highest BCUT2D eigenvalue weighted by Gasteiger charge is 2.26. The summed E-state index contributed by atoms with van der Waals surface area (Å²) >= 11 is 1.57. The van der Waals surface area contributed by atoms with E-state index in [1.807, 2.05) is 19.9 Å². The van der Waals surface area contributed by atoms with Gasteiger partial charge in [0.2, 0.25) is 0 Å². The van der Waals surface area contributed by atoms with Gasteiger partial charge in [0.25, 0.3) is 0 Å². The summed E-state index contributed by atoms with van der Waals surface area (Å²) in [5, 5.41) is 5.03. The lowest BCUT2D eigenvalue weighted by Gasteiger charge is -2.21. The van der Waals surface area contributed by atoms with Crippen LogP contribution < -0.4 is 16.3 Å². The van der Waals surface area contributed by atoms with Crippen LogP contribution in [0.4, 0.5) is 10.2 Å². The molecule has 0 amide bonds. The molecule has 1 aliphatic carbocycles. The quantitative estimate of drug-likeness (QED) is 0.430. The van der Waals surface area contributed by atoms with E-state index in [0.717, 1.165) is 26.7 Å². The predicted octanol–water partition coefficient (Wildman–Crippen LogP) is 4.44. The van der Waals surface area contributed by atoms with Crippen molar-refractivity contribution in [2.24, 2.45) is 21.9 Å². The molecule has 3 heterocycles. The number of thiazole rings is 1. The summed E-state index contributed by atoms with van der Waals surface area (Å²) in [7, 11) is 0. The molecule has 0 saturated heterocycles. The third kappa shape index (κ3) is 4.32. The summed E-state index contributed by atoms with van der Waals surface area (Å²) in [6, 6.07) is 6.48. The number of rotatable bonds is 2. The number of halogens is 1. The van der Waals surface area contributed by atoms with E-state index in [1.165, 1.54) is 25.0 Å². The average molecular weight is 465 g/mol. The highest BCUT2D eigenvalue weighted by molar-refractivity contribution is 7.12. The number of fused-ring (bicyclic) bond motifs is 5. The first-order valence-electron chi connectivity index (χ1n) is 10.9. The van der Waals surface area contributed by atoms with E-state index in [2.05, 4.69) is 10.1 Å². The van der Waals surface area contributed by atoms with Gasteiger partial charge in [0.1, 0.15) is 11.9 Å². The summed E-state index contributed by atoms with van der Waals surface area (Å²) in [6.45, 7) is 4.53. The maximum atomic E-state index is 14.3. The molecule has 1 atom stereocenters. The fourth-order valence-corrected chi connectivity index (χ4v) is 4.99. The lowest BCUT2D eigenvalue weighted by molar-refractivity contribution is 0.227. The zero-order chi connectivity index (χ0) is 23.1. The van der Waals surface area contributed by atoms with E-state index in [-0.39, 0.29) is 11.6 Å². The van der Waals surface area contributed by atoms with Crippen molar-refractivity contribution in [1.29, 1.82) is 0 Å². The normalized spacial score (nSPS) is 20.5. The minimum atomic E-state index is -0.487. The average Bonchev–Trinajstić information content (AvgIpc) is 3.55. The van der Waals surface area contributed by atoms with Crippen molar-refractivity contribution >= 4 is 28.6 Å². The van der Waals surface area contributed by atoms with Gasteiger partial charge in [-0.15, -0.1) is 11.3 Å². The fourth-order valence-electron chi connectivity index (χ4n) is 4.03. The van der Waals surface area contributed by atoms with E-state index in [1.54, 1.807) is 23.6 Å². The van der Waals surface area contributed by atoms with Crippen molar-refractivity contribution in [2.45, 2.75) is 39.2 Å². The number of aryl methyl sites for hydroxylation is 1. The summed E-state index contributed by atoms with van der Waals surface area (Å²) < 4.78 is 20.5. The van der Waals surface area contributed by atoms with Gasteiger partial charge in [0, 0.05) is 40.7 Å². The van der Waals surface area contributed by atoms with Crippen molar-refractivity contribution in [3.63, 3.8) is 0 Å². The standard InChI is InChI=1S/C24H25FN6OS/c1-12-18-8-16(25)5-6-17(18)23-21(33-13(2)30-23)9-19(31-27)22(28-10-14-3-4-14)15-7-20(32-12)24(26)29-11-15/h5-8,11-12,14H,3-4,9-10,27H2,1-2H3,(H2,26,29). The second kappa shape index (κ2) is 8.55. The van der Waals surface area contributed by atoms with Gasteiger partial charge < -0.3 is 16.3 Å². The smallest absolute Gasteiger partial charge is 0.166 e. The zero-order valence-corrected chi connectivity index (χ0v) is 19.3. The van der Waals surface area contributed by atoms with Crippen molar-refractivity contribution in [2.75, 3.05) is 12.3 Å². The van der Waals surface area contributed by atoms with Gasteiger partial charge in [0.05, 0.1) is 22.1 Å². The maximum absolute atomic E-state index is 14.3. The van der Waals surface area contributed by atoms with Gasteiger partial charge in [0.15, 0.2) is 11.6 Å². The molecule has 1 fully saturated rings. The van der Waals surface area contributed by atoms with Gasteiger partial charge >= 0.3 is 0 Å². The minimum Gasteiger partial charge on any atom is -0.482 e. The highest BCUT2D eigenvalue weighted by atomic mass is 32.1. The SMILES string of the molecule is Cc1nc2c(s1)CC(=NN)C(=NCC1CC1)c1cnc(N)c(c1)OC(C)c1cc(F)ccc1-2. The molecule has 1 saturated carbocycles. The van der Waals surface area contributed by atoms with Crippen LogP contribution in [0.3, 0.4) is 0 Å². The molecule has 9 heteroatoms. The zero-order valence-electron chi connectivity index (χ0n) is 18.5.